The minimum atomic E-state index is 0.250. The van der Waals surface area contributed by atoms with Crippen molar-refractivity contribution in [3.63, 3.8) is 0 Å². The van der Waals surface area contributed by atoms with Crippen LogP contribution in [0, 0.1) is 0 Å². The van der Waals surface area contributed by atoms with Crippen molar-refractivity contribution in [3.05, 3.63) is 12.2 Å². The van der Waals surface area contributed by atoms with E-state index >= 15 is 0 Å². The van der Waals surface area contributed by atoms with E-state index in [0.717, 1.165) is 12.0 Å². The van der Waals surface area contributed by atoms with Gasteiger partial charge in [0.2, 0.25) is 0 Å². The molecule has 0 aromatic heterocycles. The zero-order chi connectivity index (χ0) is 26.4. The van der Waals surface area contributed by atoms with Crippen molar-refractivity contribution in [2.24, 2.45) is 0 Å². The fourth-order valence-corrected chi connectivity index (χ4v) is 5.35. The molecule has 0 unspecified atom stereocenters. The summed E-state index contributed by atoms with van der Waals surface area (Å²) >= 11 is 0. The molecule has 36 heavy (non-hydrogen) atoms. The summed E-state index contributed by atoms with van der Waals surface area (Å²) in [5.74, 6) is 0.250. The average molecular weight is 505 g/mol. The summed E-state index contributed by atoms with van der Waals surface area (Å²) < 4.78 is 0. The van der Waals surface area contributed by atoms with Crippen LogP contribution in [0.3, 0.4) is 0 Å². The molecule has 0 aromatic rings. The molecule has 0 N–H and O–H groups in total. The number of ketones is 1. The normalized spacial score (nSPS) is 11.3. The standard InChI is InChI=1S/C35H68O/c1-4-5-6-7-8-9-10-11-12-13-14-15-16-17-18-19-20-21-22-23-24-25-26-27-28-29-30-31-32-33-35(36)34(2)3/h2,4-33H2,1,3H3. The van der Waals surface area contributed by atoms with Gasteiger partial charge in [0.1, 0.15) is 0 Å². The number of Topliss-reactive ketones (excluding diaryl/α,β-unsaturated/α-hetero) is 1. The van der Waals surface area contributed by atoms with Crippen LogP contribution in [0.2, 0.25) is 0 Å². The SMILES string of the molecule is C=C(C)C(=O)CCCCCCCCCCCCCCCCCCCCCCCCCCCCCCC. The summed E-state index contributed by atoms with van der Waals surface area (Å²) in [6.45, 7) is 7.85. The van der Waals surface area contributed by atoms with Crippen LogP contribution in [0.5, 0.6) is 0 Å². The van der Waals surface area contributed by atoms with E-state index in [1.165, 1.54) is 180 Å². The molecular weight excluding hydrogens is 436 g/mol. The summed E-state index contributed by atoms with van der Waals surface area (Å²) in [5.41, 5.74) is 0.718. The molecule has 0 spiro atoms. The highest BCUT2D eigenvalue weighted by Gasteiger charge is 2.01. The summed E-state index contributed by atoms with van der Waals surface area (Å²) in [4.78, 5) is 11.5. The Morgan fingerprint density at radius 2 is 0.583 bits per heavy atom. The third-order valence-corrected chi connectivity index (χ3v) is 7.98. The molecule has 0 saturated carbocycles. The van der Waals surface area contributed by atoms with E-state index in [1.54, 1.807) is 0 Å². The van der Waals surface area contributed by atoms with Crippen molar-refractivity contribution < 1.29 is 4.79 Å². The highest BCUT2D eigenvalue weighted by Crippen LogP contribution is 2.16. The van der Waals surface area contributed by atoms with E-state index < -0.39 is 0 Å². The lowest BCUT2D eigenvalue weighted by atomic mass is 10.0. The molecule has 0 aliphatic heterocycles. The van der Waals surface area contributed by atoms with Gasteiger partial charge in [0, 0.05) is 6.42 Å². The molecule has 1 nitrogen and oxygen atoms in total. The van der Waals surface area contributed by atoms with Crippen molar-refractivity contribution in [2.45, 2.75) is 206 Å². The van der Waals surface area contributed by atoms with Crippen LogP contribution in [0.4, 0.5) is 0 Å². The van der Waals surface area contributed by atoms with Gasteiger partial charge in [-0.2, -0.15) is 0 Å². The first-order valence-electron chi connectivity index (χ1n) is 16.9. The van der Waals surface area contributed by atoms with Gasteiger partial charge in [-0.05, 0) is 18.9 Å². The lowest BCUT2D eigenvalue weighted by Gasteiger charge is -2.04. The zero-order valence-electron chi connectivity index (χ0n) is 25.3. The van der Waals surface area contributed by atoms with Crippen molar-refractivity contribution in [1.29, 1.82) is 0 Å². The first-order chi connectivity index (χ1) is 17.7. The average Bonchev–Trinajstić information content (AvgIpc) is 2.87. The summed E-state index contributed by atoms with van der Waals surface area (Å²) in [6.07, 6.45) is 42.0. The van der Waals surface area contributed by atoms with Crippen molar-refractivity contribution in [2.75, 3.05) is 0 Å². The second-order valence-electron chi connectivity index (χ2n) is 11.9. The fourth-order valence-electron chi connectivity index (χ4n) is 5.35. The Bertz CT molecular complexity index is 452. The van der Waals surface area contributed by atoms with Gasteiger partial charge in [-0.25, -0.2) is 0 Å². The Kier molecular flexibility index (Phi) is 30.1. The van der Waals surface area contributed by atoms with Gasteiger partial charge < -0.3 is 0 Å². The Morgan fingerprint density at radius 1 is 0.389 bits per heavy atom. The molecule has 0 aromatic carbocycles. The Morgan fingerprint density at radius 3 is 0.778 bits per heavy atom. The van der Waals surface area contributed by atoms with E-state index in [4.69, 9.17) is 0 Å². The minimum absolute atomic E-state index is 0.250. The molecular formula is C35H68O. The summed E-state index contributed by atoms with van der Waals surface area (Å²) in [5, 5.41) is 0. The highest BCUT2D eigenvalue weighted by atomic mass is 16.1. The molecule has 0 saturated heterocycles. The number of rotatable bonds is 31. The third kappa shape index (κ3) is 29.6. The van der Waals surface area contributed by atoms with Crippen molar-refractivity contribution in [3.8, 4) is 0 Å². The second-order valence-corrected chi connectivity index (χ2v) is 11.9. The van der Waals surface area contributed by atoms with Crippen LogP contribution >= 0.6 is 0 Å². The number of allylic oxidation sites excluding steroid dienone is 1. The summed E-state index contributed by atoms with van der Waals surface area (Å²) in [6, 6.07) is 0. The first-order valence-corrected chi connectivity index (χ1v) is 16.9. The topological polar surface area (TPSA) is 17.1 Å². The van der Waals surface area contributed by atoms with Gasteiger partial charge in [-0.3, -0.25) is 4.79 Å². The molecule has 214 valence electrons. The zero-order valence-corrected chi connectivity index (χ0v) is 25.3. The number of hydrogen-bond acceptors (Lipinski definition) is 1. The molecule has 0 amide bonds. The van der Waals surface area contributed by atoms with Crippen molar-refractivity contribution >= 4 is 5.78 Å². The number of carbonyl (C=O) groups is 1. The Hall–Kier alpha value is -0.590. The predicted octanol–water partition coefficient (Wildman–Crippen LogP) is 12.9. The van der Waals surface area contributed by atoms with Crippen LogP contribution < -0.4 is 0 Å². The molecule has 0 aliphatic carbocycles. The predicted molar refractivity (Wildman–Crippen MR) is 164 cm³/mol. The molecule has 0 heterocycles. The molecule has 0 rings (SSSR count). The molecule has 0 aliphatic rings. The van der Waals surface area contributed by atoms with E-state index in [-0.39, 0.29) is 5.78 Å². The molecule has 0 fully saturated rings. The van der Waals surface area contributed by atoms with Crippen LogP contribution in [0.1, 0.15) is 206 Å². The van der Waals surface area contributed by atoms with E-state index in [0.29, 0.717) is 6.42 Å². The first kappa shape index (κ1) is 35.4. The van der Waals surface area contributed by atoms with E-state index in [1.807, 2.05) is 6.92 Å². The quantitative estimate of drug-likeness (QED) is 0.0677. The molecule has 0 radical (unpaired) electrons. The van der Waals surface area contributed by atoms with Gasteiger partial charge >= 0.3 is 0 Å². The van der Waals surface area contributed by atoms with Gasteiger partial charge in [-0.1, -0.05) is 193 Å². The fraction of sp³-hybridized carbons (Fsp3) is 0.914. The molecule has 0 atom stereocenters. The number of unbranched alkanes of at least 4 members (excludes halogenated alkanes) is 28. The Balaban J connectivity index is 3.05. The Labute approximate surface area is 229 Å². The van der Waals surface area contributed by atoms with E-state index in [9.17, 15) is 4.79 Å². The van der Waals surface area contributed by atoms with Gasteiger partial charge in [-0.15, -0.1) is 0 Å². The van der Waals surface area contributed by atoms with Crippen molar-refractivity contribution in [1.82, 2.24) is 0 Å². The van der Waals surface area contributed by atoms with E-state index in [2.05, 4.69) is 13.5 Å². The van der Waals surface area contributed by atoms with Gasteiger partial charge in [0.25, 0.3) is 0 Å². The third-order valence-electron chi connectivity index (χ3n) is 7.98. The number of hydrogen-bond donors (Lipinski definition) is 0. The second kappa shape index (κ2) is 30.6. The summed E-state index contributed by atoms with van der Waals surface area (Å²) in [7, 11) is 0. The van der Waals surface area contributed by atoms with Crippen LogP contribution in [0.15, 0.2) is 12.2 Å². The minimum Gasteiger partial charge on any atom is -0.295 e. The number of carbonyl (C=O) groups excluding carboxylic acids is 1. The highest BCUT2D eigenvalue weighted by molar-refractivity contribution is 5.93. The molecule has 0 bridgehead atoms. The monoisotopic (exact) mass is 505 g/mol. The lowest BCUT2D eigenvalue weighted by Crippen LogP contribution is -1.97. The van der Waals surface area contributed by atoms with Gasteiger partial charge in [0.05, 0.1) is 0 Å². The maximum atomic E-state index is 11.5. The van der Waals surface area contributed by atoms with Crippen LogP contribution in [-0.2, 0) is 4.79 Å². The maximum absolute atomic E-state index is 11.5. The molecule has 1 heteroatoms. The van der Waals surface area contributed by atoms with Crippen LogP contribution in [0.25, 0.3) is 0 Å². The maximum Gasteiger partial charge on any atom is 0.157 e. The smallest absolute Gasteiger partial charge is 0.157 e. The van der Waals surface area contributed by atoms with Crippen LogP contribution in [-0.4, -0.2) is 5.78 Å². The van der Waals surface area contributed by atoms with Gasteiger partial charge in [0.15, 0.2) is 5.78 Å². The largest absolute Gasteiger partial charge is 0.295 e. The lowest BCUT2D eigenvalue weighted by molar-refractivity contribution is -0.115.